The molecule has 2 aromatic rings. The zero-order valence-electron chi connectivity index (χ0n) is 13.4. The molecule has 7 heteroatoms. The average molecular weight is 327 g/mol. The number of anilines is 2. The van der Waals surface area contributed by atoms with Gasteiger partial charge in [-0.15, -0.1) is 0 Å². The summed E-state index contributed by atoms with van der Waals surface area (Å²) in [7, 11) is 1.67. The monoisotopic (exact) mass is 327 g/mol. The first-order chi connectivity index (χ1) is 11.4. The van der Waals surface area contributed by atoms with E-state index in [1.165, 1.54) is 24.0 Å². The van der Waals surface area contributed by atoms with Crippen LogP contribution in [0.5, 0.6) is 0 Å². The Balaban J connectivity index is 1.97. The maximum Gasteiger partial charge on any atom is 0.269 e. The standard InChI is InChI=1S/C17H17N3O4/c1-12(21)19(2)15-9-5-14(6-10-15)18-17(22)11-13-3-7-16(8-4-13)20(23)24/h3-10H,11H2,1-2H3,(H,18,22). The van der Waals surface area contributed by atoms with Crippen molar-refractivity contribution in [2.75, 3.05) is 17.3 Å². The molecule has 0 aliphatic heterocycles. The summed E-state index contributed by atoms with van der Waals surface area (Å²) in [4.78, 5) is 34.9. The fourth-order valence-electron chi connectivity index (χ4n) is 2.08. The van der Waals surface area contributed by atoms with Crippen molar-refractivity contribution in [3.63, 3.8) is 0 Å². The van der Waals surface area contributed by atoms with Crippen molar-refractivity contribution in [3.8, 4) is 0 Å². The van der Waals surface area contributed by atoms with Gasteiger partial charge in [-0.05, 0) is 29.8 Å². The van der Waals surface area contributed by atoms with Crippen LogP contribution in [0.2, 0.25) is 0 Å². The van der Waals surface area contributed by atoms with Crippen LogP contribution in [0.1, 0.15) is 12.5 Å². The fourth-order valence-corrected chi connectivity index (χ4v) is 2.08. The van der Waals surface area contributed by atoms with Gasteiger partial charge in [0, 0.05) is 37.5 Å². The summed E-state index contributed by atoms with van der Waals surface area (Å²) >= 11 is 0. The number of carbonyl (C=O) groups excluding carboxylic acids is 2. The van der Waals surface area contributed by atoms with Crippen LogP contribution in [0.3, 0.4) is 0 Å². The minimum Gasteiger partial charge on any atom is -0.326 e. The Labute approximate surface area is 139 Å². The lowest BCUT2D eigenvalue weighted by Crippen LogP contribution is -2.22. The van der Waals surface area contributed by atoms with Gasteiger partial charge in [-0.2, -0.15) is 0 Å². The summed E-state index contributed by atoms with van der Waals surface area (Å²) in [6.45, 7) is 1.47. The number of carbonyl (C=O) groups is 2. The normalized spacial score (nSPS) is 10.1. The number of rotatable bonds is 5. The third kappa shape index (κ3) is 4.39. The maximum absolute atomic E-state index is 12.0. The van der Waals surface area contributed by atoms with Gasteiger partial charge in [-0.3, -0.25) is 19.7 Å². The highest BCUT2D eigenvalue weighted by Gasteiger charge is 2.09. The van der Waals surface area contributed by atoms with Crippen molar-refractivity contribution in [2.45, 2.75) is 13.3 Å². The van der Waals surface area contributed by atoms with Crippen molar-refractivity contribution in [1.82, 2.24) is 0 Å². The molecule has 1 N–H and O–H groups in total. The molecule has 124 valence electrons. The molecular weight excluding hydrogens is 310 g/mol. The smallest absolute Gasteiger partial charge is 0.269 e. The highest BCUT2D eigenvalue weighted by molar-refractivity contribution is 5.93. The summed E-state index contributed by atoms with van der Waals surface area (Å²) in [6.07, 6.45) is 0.118. The lowest BCUT2D eigenvalue weighted by molar-refractivity contribution is -0.384. The lowest BCUT2D eigenvalue weighted by Gasteiger charge is -2.15. The van der Waals surface area contributed by atoms with Gasteiger partial charge in [-0.1, -0.05) is 12.1 Å². The van der Waals surface area contributed by atoms with E-state index in [0.717, 1.165) is 5.69 Å². The molecule has 0 heterocycles. The van der Waals surface area contributed by atoms with E-state index in [-0.39, 0.29) is 23.9 Å². The number of nitro groups is 1. The minimum absolute atomic E-state index is 0.00987. The van der Waals surface area contributed by atoms with Crippen molar-refractivity contribution in [1.29, 1.82) is 0 Å². The maximum atomic E-state index is 12.0. The van der Waals surface area contributed by atoms with Crippen molar-refractivity contribution >= 4 is 28.9 Å². The molecule has 0 radical (unpaired) electrons. The van der Waals surface area contributed by atoms with Gasteiger partial charge in [0.05, 0.1) is 11.3 Å². The van der Waals surface area contributed by atoms with E-state index in [2.05, 4.69) is 5.32 Å². The molecule has 0 spiro atoms. The number of hydrogen-bond donors (Lipinski definition) is 1. The second kappa shape index (κ2) is 7.36. The molecule has 0 fully saturated rings. The molecule has 24 heavy (non-hydrogen) atoms. The zero-order chi connectivity index (χ0) is 17.7. The topological polar surface area (TPSA) is 92.6 Å². The van der Waals surface area contributed by atoms with Gasteiger partial charge >= 0.3 is 0 Å². The van der Waals surface area contributed by atoms with E-state index in [4.69, 9.17) is 0 Å². The summed E-state index contributed by atoms with van der Waals surface area (Å²) < 4.78 is 0. The molecule has 0 saturated heterocycles. The van der Waals surface area contributed by atoms with Crippen LogP contribution in [0.15, 0.2) is 48.5 Å². The molecule has 0 bridgehead atoms. The molecule has 2 rings (SSSR count). The largest absolute Gasteiger partial charge is 0.326 e. The second-order valence-electron chi connectivity index (χ2n) is 5.27. The summed E-state index contributed by atoms with van der Waals surface area (Å²) in [5.74, 6) is -0.304. The summed E-state index contributed by atoms with van der Waals surface area (Å²) in [6, 6.07) is 12.8. The highest BCUT2D eigenvalue weighted by atomic mass is 16.6. The van der Waals surface area contributed by atoms with Crippen molar-refractivity contribution < 1.29 is 14.5 Å². The number of hydrogen-bond acceptors (Lipinski definition) is 4. The fraction of sp³-hybridized carbons (Fsp3) is 0.176. The molecule has 0 aliphatic carbocycles. The van der Waals surface area contributed by atoms with Crippen LogP contribution in [0.25, 0.3) is 0 Å². The van der Waals surface area contributed by atoms with Gasteiger partial charge < -0.3 is 10.2 Å². The molecule has 7 nitrogen and oxygen atoms in total. The minimum atomic E-state index is -0.483. The molecular formula is C17H17N3O4. The Kier molecular flexibility index (Phi) is 5.26. The van der Waals surface area contributed by atoms with E-state index >= 15 is 0 Å². The van der Waals surface area contributed by atoms with Gasteiger partial charge in [0.2, 0.25) is 11.8 Å². The second-order valence-corrected chi connectivity index (χ2v) is 5.27. The first kappa shape index (κ1) is 17.1. The first-order valence-electron chi connectivity index (χ1n) is 7.24. The number of benzene rings is 2. The number of amides is 2. The van der Waals surface area contributed by atoms with Crippen molar-refractivity contribution in [2.24, 2.45) is 0 Å². The number of non-ortho nitro benzene ring substituents is 1. The molecule has 0 atom stereocenters. The van der Waals surface area contributed by atoms with Crippen LogP contribution >= 0.6 is 0 Å². The lowest BCUT2D eigenvalue weighted by atomic mass is 10.1. The Bertz CT molecular complexity index is 754. The van der Waals surface area contributed by atoms with Crippen LogP contribution in [0.4, 0.5) is 17.1 Å². The SMILES string of the molecule is CC(=O)N(C)c1ccc(NC(=O)Cc2ccc([N+](=O)[O-])cc2)cc1. The number of nitro benzene ring substituents is 1. The predicted octanol–water partition coefficient (Wildman–Crippen LogP) is 2.76. The molecule has 0 saturated carbocycles. The molecule has 2 aromatic carbocycles. The molecule has 0 aromatic heterocycles. The highest BCUT2D eigenvalue weighted by Crippen LogP contribution is 2.17. The molecule has 0 aliphatic rings. The molecule has 2 amide bonds. The predicted molar refractivity (Wildman–Crippen MR) is 91.0 cm³/mol. The third-order valence-electron chi connectivity index (χ3n) is 3.52. The Morgan fingerprint density at radius 2 is 1.67 bits per heavy atom. The number of nitrogens with one attached hydrogen (secondary N) is 1. The quantitative estimate of drug-likeness (QED) is 0.675. The van der Waals surface area contributed by atoms with Gasteiger partial charge in [0.15, 0.2) is 0 Å². The van der Waals surface area contributed by atoms with Crippen molar-refractivity contribution in [3.05, 3.63) is 64.2 Å². The van der Waals surface area contributed by atoms with Gasteiger partial charge in [-0.25, -0.2) is 0 Å². The Morgan fingerprint density at radius 1 is 1.08 bits per heavy atom. The van der Waals surface area contributed by atoms with E-state index in [9.17, 15) is 19.7 Å². The van der Waals surface area contributed by atoms with Crippen LogP contribution in [0, 0.1) is 10.1 Å². The number of nitrogens with zero attached hydrogens (tertiary/aromatic N) is 2. The van der Waals surface area contributed by atoms with Gasteiger partial charge in [0.25, 0.3) is 5.69 Å². The van der Waals surface area contributed by atoms with E-state index in [1.807, 2.05) is 0 Å². The van der Waals surface area contributed by atoms with E-state index < -0.39 is 4.92 Å². The Morgan fingerprint density at radius 3 is 2.17 bits per heavy atom. The van der Waals surface area contributed by atoms with E-state index in [1.54, 1.807) is 43.4 Å². The van der Waals surface area contributed by atoms with Crippen LogP contribution in [-0.2, 0) is 16.0 Å². The first-order valence-corrected chi connectivity index (χ1v) is 7.24. The van der Waals surface area contributed by atoms with Gasteiger partial charge in [0.1, 0.15) is 0 Å². The summed E-state index contributed by atoms with van der Waals surface area (Å²) in [5.41, 5.74) is 2.02. The Hall–Kier alpha value is -3.22. The molecule has 0 unspecified atom stereocenters. The van der Waals surface area contributed by atoms with E-state index in [0.29, 0.717) is 11.3 Å². The average Bonchev–Trinajstić information content (AvgIpc) is 2.55. The zero-order valence-corrected chi connectivity index (χ0v) is 13.4. The van der Waals surface area contributed by atoms with Crippen LogP contribution < -0.4 is 10.2 Å². The van der Waals surface area contributed by atoms with Crippen LogP contribution in [-0.4, -0.2) is 23.8 Å². The third-order valence-corrected chi connectivity index (χ3v) is 3.52. The summed E-state index contributed by atoms with van der Waals surface area (Å²) in [5, 5.41) is 13.3.